The first-order valence-electron chi connectivity index (χ1n) is 8.05. The molecule has 0 bridgehead atoms. The van der Waals surface area contributed by atoms with Gasteiger partial charge in [-0.2, -0.15) is 5.10 Å². The zero-order valence-electron chi connectivity index (χ0n) is 12.8. The average Bonchev–Trinajstić information content (AvgIpc) is 2.88. The zero-order chi connectivity index (χ0) is 13.7. The molecule has 108 valence electrons. The van der Waals surface area contributed by atoms with Gasteiger partial charge in [0, 0.05) is 19.1 Å². The first kappa shape index (κ1) is 14.6. The Balaban J connectivity index is 1.83. The van der Waals surface area contributed by atoms with Gasteiger partial charge >= 0.3 is 0 Å². The highest BCUT2D eigenvalue weighted by Gasteiger charge is 2.19. The molecule has 3 heteroatoms. The van der Waals surface area contributed by atoms with E-state index in [2.05, 4.69) is 41.9 Å². The number of aryl methyl sites for hydroxylation is 2. The van der Waals surface area contributed by atoms with Crippen LogP contribution in [-0.4, -0.2) is 15.8 Å². The molecule has 1 N–H and O–H groups in total. The van der Waals surface area contributed by atoms with Gasteiger partial charge in [0.05, 0.1) is 11.4 Å². The Morgan fingerprint density at radius 1 is 1.21 bits per heavy atom. The van der Waals surface area contributed by atoms with Crippen molar-refractivity contribution in [3.63, 3.8) is 0 Å². The third-order valence-electron chi connectivity index (χ3n) is 4.57. The first-order valence-corrected chi connectivity index (χ1v) is 8.05. The molecule has 1 fully saturated rings. The van der Waals surface area contributed by atoms with Crippen molar-refractivity contribution < 1.29 is 0 Å². The highest BCUT2D eigenvalue weighted by Crippen LogP contribution is 2.26. The van der Waals surface area contributed by atoms with Crippen LogP contribution in [0.15, 0.2) is 6.07 Å². The predicted octanol–water partition coefficient (Wildman–Crippen LogP) is 3.52. The molecule has 0 spiro atoms. The van der Waals surface area contributed by atoms with Gasteiger partial charge < -0.3 is 5.32 Å². The molecule has 0 saturated heterocycles. The predicted molar refractivity (Wildman–Crippen MR) is 80.2 cm³/mol. The van der Waals surface area contributed by atoms with E-state index in [0.717, 1.165) is 25.4 Å². The fraction of sp³-hybridized carbons (Fsp3) is 0.812. The Hall–Kier alpha value is -0.830. The molecular formula is C16H29N3. The second-order valence-electron chi connectivity index (χ2n) is 5.80. The Labute approximate surface area is 117 Å². The molecule has 1 heterocycles. The Morgan fingerprint density at radius 3 is 2.53 bits per heavy atom. The molecule has 0 amide bonds. The van der Waals surface area contributed by atoms with Crippen LogP contribution in [0.1, 0.15) is 64.3 Å². The smallest absolute Gasteiger partial charge is 0.0625 e. The zero-order valence-corrected chi connectivity index (χ0v) is 12.8. The van der Waals surface area contributed by atoms with Gasteiger partial charge in [-0.05, 0) is 51.0 Å². The van der Waals surface area contributed by atoms with Crippen molar-refractivity contribution in [2.45, 2.75) is 78.4 Å². The molecule has 0 unspecified atom stereocenters. The lowest BCUT2D eigenvalue weighted by atomic mass is 9.84. The van der Waals surface area contributed by atoms with Crippen LogP contribution in [0, 0.1) is 5.92 Å². The first-order chi connectivity index (χ1) is 9.26. The molecule has 1 aliphatic carbocycles. The summed E-state index contributed by atoms with van der Waals surface area (Å²) in [6, 6.07) is 2.97. The van der Waals surface area contributed by atoms with Crippen molar-refractivity contribution in [2.75, 3.05) is 0 Å². The number of nitrogens with one attached hydrogen (secondary N) is 1. The molecule has 3 nitrogen and oxygen atoms in total. The van der Waals surface area contributed by atoms with Crippen LogP contribution in [0.3, 0.4) is 0 Å². The van der Waals surface area contributed by atoms with Gasteiger partial charge in [0.1, 0.15) is 0 Å². The second kappa shape index (κ2) is 7.09. The fourth-order valence-corrected chi connectivity index (χ4v) is 3.13. The van der Waals surface area contributed by atoms with Gasteiger partial charge in [0.2, 0.25) is 0 Å². The van der Waals surface area contributed by atoms with Crippen LogP contribution in [0.4, 0.5) is 0 Å². The van der Waals surface area contributed by atoms with E-state index in [1.165, 1.54) is 43.5 Å². The molecule has 0 aromatic carbocycles. The van der Waals surface area contributed by atoms with Crippen LogP contribution < -0.4 is 5.32 Å². The van der Waals surface area contributed by atoms with Gasteiger partial charge in [-0.15, -0.1) is 0 Å². The van der Waals surface area contributed by atoms with E-state index in [9.17, 15) is 0 Å². The monoisotopic (exact) mass is 263 g/mol. The lowest BCUT2D eigenvalue weighted by Crippen LogP contribution is -2.33. The minimum Gasteiger partial charge on any atom is -0.308 e. The molecule has 0 atom stereocenters. The Kier molecular flexibility index (Phi) is 5.44. The lowest BCUT2D eigenvalue weighted by molar-refractivity contribution is 0.283. The van der Waals surface area contributed by atoms with E-state index in [1.807, 2.05) is 0 Å². The SMILES string of the molecule is CCc1cc(CNC2CCC(CC)CC2)n(CC)n1. The molecule has 1 aromatic heterocycles. The van der Waals surface area contributed by atoms with Crippen molar-refractivity contribution >= 4 is 0 Å². The molecule has 1 aromatic rings. The number of aromatic nitrogens is 2. The van der Waals surface area contributed by atoms with E-state index in [4.69, 9.17) is 0 Å². The Morgan fingerprint density at radius 2 is 1.95 bits per heavy atom. The summed E-state index contributed by atoms with van der Waals surface area (Å²) in [5, 5.41) is 8.35. The van der Waals surface area contributed by atoms with E-state index in [1.54, 1.807) is 0 Å². The third-order valence-corrected chi connectivity index (χ3v) is 4.57. The maximum Gasteiger partial charge on any atom is 0.0625 e. The third kappa shape index (κ3) is 3.82. The van der Waals surface area contributed by atoms with Gasteiger partial charge in [-0.1, -0.05) is 20.3 Å². The number of rotatable bonds is 6. The summed E-state index contributed by atoms with van der Waals surface area (Å²) >= 11 is 0. The van der Waals surface area contributed by atoms with Crippen LogP contribution in [-0.2, 0) is 19.5 Å². The molecule has 1 saturated carbocycles. The highest BCUT2D eigenvalue weighted by molar-refractivity contribution is 5.10. The number of hydrogen-bond donors (Lipinski definition) is 1. The quantitative estimate of drug-likeness (QED) is 0.851. The summed E-state index contributed by atoms with van der Waals surface area (Å²) in [5.74, 6) is 0.978. The van der Waals surface area contributed by atoms with E-state index < -0.39 is 0 Å². The maximum absolute atomic E-state index is 4.61. The molecule has 0 radical (unpaired) electrons. The molecule has 19 heavy (non-hydrogen) atoms. The minimum absolute atomic E-state index is 0.716. The van der Waals surface area contributed by atoms with Gasteiger partial charge in [0.25, 0.3) is 0 Å². The topological polar surface area (TPSA) is 29.9 Å². The summed E-state index contributed by atoms with van der Waals surface area (Å²) < 4.78 is 2.14. The average molecular weight is 263 g/mol. The van der Waals surface area contributed by atoms with Gasteiger partial charge in [-0.25, -0.2) is 0 Å². The van der Waals surface area contributed by atoms with Gasteiger partial charge in [0.15, 0.2) is 0 Å². The van der Waals surface area contributed by atoms with Crippen LogP contribution >= 0.6 is 0 Å². The van der Waals surface area contributed by atoms with E-state index in [0.29, 0.717) is 6.04 Å². The standard InChI is InChI=1S/C16H29N3/c1-4-13-7-9-15(10-8-13)17-12-16-11-14(5-2)18-19(16)6-3/h11,13,15,17H,4-10,12H2,1-3H3. The summed E-state index contributed by atoms with van der Waals surface area (Å²) in [4.78, 5) is 0. The molecular weight excluding hydrogens is 234 g/mol. The lowest BCUT2D eigenvalue weighted by Gasteiger charge is -2.28. The second-order valence-corrected chi connectivity index (χ2v) is 5.80. The highest BCUT2D eigenvalue weighted by atomic mass is 15.3. The summed E-state index contributed by atoms with van der Waals surface area (Å²) in [6.45, 7) is 8.61. The molecule has 0 aliphatic heterocycles. The molecule has 1 aliphatic rings. The number of hydrogen-bond acceptors (Lipinski definition) is 2. The van der Waals surface area contributed by atoms with Crippen LogP contribution in [0.5, 0.6) is 0 Å². The van der Waals surface area contributed by atoms with E-state index >= 15 is 0 Å². The minimum atomic E-state index is 0.716. The maximum atomic E-state index is 4.61. The van der Waals surface area contributed by atoms with Crippen molar-refractivity contribution in [1.82, 2.24) is 15.1 Å². The molecule has 2 rings (SSSR count). The fourth-order valence-electron chi connectivity index (χ4n) is 3.13. The van der Waals surface area contributed by atoms with Crippen molar-refractivity contribution in [2.24, 2.45) is 5.92 Å². The van der Waals surface area contributed by atoms with E-state index in [-0.39, 0.29) is 0 Å². The summed E-state index contributed by atoms with van der Waals surface area (Å²) in [6.07, 6.45) is 7.89. The van der Waals surface area contributed by atoms with Crippen molar-refractivity contribution in [3.05, 3.63) is 17.5 Å². The number of nitrogens with zero attached hydrogens (tertiary/aromatic N) is 2. The normalized spacial score (nSPS) is 23.7. The van der Waals surface area contributed by atoms with Crippen LogP contribution in [0.25, 0.3) is 0 Å². The Bertz CT molecular complexity index is 375. The van der Waals surface area contributed by atoms with Crippen LogP contribution in [0.2, 0.25) is 0 Å². The van der Waals surface area contributed by atoms with Crippen molar-refractivity contribution in [3.8, 4) is 0 Å². The largest absolute Gasteiger partial charge is 0.308 e. The van der Waals surface area contributed by atoms with Gasteiger partial charge in [-0.3, -0.25) is 4.68 Å². The summed E-state index contributed by atoms with van der Waals surface area (Å²) in [7, 11) is 0. The summed E-state index contributed by atoms with van der Waals surface area (Å²) in [5.41, 5.74) is 2.56. The van der Waals surface area contributed by atoms with Crippen molar-refractivity contribution in [1.29, 1.82) is 0 Å².